The minimum atomic E-state index is -0.181. The van der Waals surface area contributed by atoms with Crippen molar-refractivity contribution in [2.45, 2.75) is 18.7 Å². The fourth-order valence-corrected chi connectivity index (χ4v) is 2.53. The van der Waals surface area contributed by atoms with Crippen LogP contribution in [0.25, 0.3) is 11.1 Å². The van der Waals surface area contributed by atoms with Crippen molar-refractivity contribution in [1.82, 2.24) is 4.98 Å². The van der Waals surface area contributed by atoms with E-state index in [2.05, 4.69) is 4.98 Å². The van der Waals surface area contributed by atoms with E-state index < -0.39 is 0 Å². The van der Waals surface area contributed by atoms with E-state index in [4.69, 9.17) is 27.6 Å². The molecule has 0 saturated carbocycles. The minimum Gasteiger partial charge on any atom is -0.441 e. The zero-order valence-electron chi connectivity index (χ0n) is 10.9. The highest BCUT2D eigenvalue weighted by molar-refractivity contribution is 6.31. The second kappa shape index (κ2) is 5.47. The van der Waals surface area contributed by atoms with Gasteiger partial charge in [0.2, 0.25) is 0 Å². The van der Waals surface area contributed by atoms with E-state index in [0.717, 1.165) is 27.2 Å². The quantitative estimate of drug-likeness (QED) is 0.613. The molecule has 2 nitrogen and oxygen atoms in total. The van der Waals surface area contributed by atoms with Gasteiger partial charge >= 0.3 is 0 Å². The lowest BCUT2D eigenvalue weighted by atomic mass is 10.1. The molecule has 0 fully saturated rings. The van der Waals surface area contributed by atoms with E-state index in [1.165, 1.54) is 0 Å². The molecule has 0 aliphatic carbocycles. The van der Waals surface area contributed by atoms with Crippen molar-refractivity contribution in [3.63, 3.8) is 0 Å². The average Bonchev–Trinajstić information content (AvgIpc) is 2.83. The number of aryl methyl sites for hydroxylation is 1. The molecule has 0 saturated heterocycles. The Labute approximate surface area is 127 Å². The topological polar surface area (TPSA) is 26.0 Å². The van der Waals surface area contributed by atoms with E-state index in [1.807, 2.05) is 49.4 Å². The Balaban J connectivity index is 1.84. The summed E-state index contributed by atoms with van der Waals surface area (Å²) < 4.78 is 5.69. The SMILES string of the molecule is Cc1cc(C(Cl)Cc2nc3ccccc3o2)ccc1Cl. The third-order valence-electron chi connectivity index (χ3n) is 3.24. The maximum absolute atomic E-state index is 6.45. The van der Waals surface area contributed by atoms with Gasteiger partial charge in [-0.05, 0) is 36.2 Å². The van der Waals surface area contributed by atoms with Crippen LogP contribution in [-0.4, -0.2) is 4.98 Å². The summed E-state index contributed by atoms with van der Waals surface area (Å²) >= 11 is 12.5. The van der Waals surface area contributed by atoms with Crippen LogP contribution in [0.4, 0.5) is 0 Å². The van der Waals surface area contributed by atoms with Crippen LogP contribution in [0.3, 0.4) is 0 Å². The Morgan fingerprint density at radius 2 is 2.00 bits per heavy atom. The van der Waals surface area contributed by atoms with Crippen molar-refractivity contribution in [3.05, 3.63) is 64.5 Å². The first-order valence-electron chi connectivity index (χ1n) is 6.38. The molecule has 2 aromatic carbocycles. The molecule has 1 heterocycles. The Bertz CT molecular complexity index is 718. The highest BCUT2D eigenvalue weighted by Gasteiger charge is 2.14. The van der Waals surface area contributed by atoms with Gasteiger partial charge in [-0.3, -0.25) is 0 Å². The summed E-state index contributed by atoms with van der Waals surface area (Å²) in [6.07, 6.45) is 0.553. The average molecular weight is 306 g/mol. The number of hydrogen-bond donors (Lipinski definition) is 0. The Morgan fingerprint density at radius 1 is 1.20 bits per heavy atom. The first-order chi connectivity index (χ1) is 9.63. The number of oxazole rings is 1. The van der Waals surface area contributed by atoms with Gasteiger partial charge in [-0.25, -0.2) is 4.98 Å². The summed E-state index contributed by atoms with van der Waals surface area (Å²) in [5.74, 6) is 0.652. The summed E-state index contributed by atoms with van der Waals surface area (Å²) in [5.41, 5.74) is 3.69. The lowest BCUT2D eigenvalue weighted by molar-refractivity contribution is 0.525. The van der Waals surface area contributed by atoms with E-state index in [9.17, 15) is 0 Å². The normalized spacial score (nSPS) is 12.8. The number of benzene rings is 2. The van der Waals surface area contributed by atoms with E-state index in [0.29, 0.717) is 12.3 Å². The molecule has 3 rings (SSSR count). The molecule has 20 heavy (non-hydrogen) atoms. The Hall–Kier alpha value is -1.51. The number of hydrogen-bond acceptors (Lipinski definition) is 2. The maximum atomic E-state index is 6.45. The molecule has 0 aliphatic heterocycles. The van der Waals surface area contributed by atoms with Crippen molar-refractivity contribution < 1.29 is 4.42 Å². The Kier molecular flexibility index (Phi) is 3.68. The van der Waals surface area contributed by atoms with Crippen LogP contribution in [0.15, 0.2) is 46.9 Å². The van der Waals surface area contributed by atoms with Gasteiger partial charge in [0.05, 0.1) is 5.38 Å². The molecule has 0 amide bonds. The molecule has 1 unspecified atom stereocenters. The van der Waals surface area contributed by atoms with Gasteiger partial charge in [0.15, 0.2) is 11.5 Å². The van der Waals surface area contributed by atoms with Gasteiger partial charge in [-0.2, -0.15) is 0 Å². The Morgan fingerprint density at radius 3 is 2.75 bits per heavy atom. The number of rotatable bonds is 3. The highest BCUT2D eigenvalue weighted by atomic mass is 35.5. The van der Waals surface area contributed by atoms with Crippen LogP contribution in [-0.2, 0) is 6.42 Å². The number of nitrogens with zero attached hydrogens (tertiary/aromatic N) is 1. The zero-order valence-corrected chi connectivity index (χ0v) is 12.4. The van der Waals surface area contributed by atoms with Crippen LogP contribution in [0.1, 0.15) is 22.4 Å². The third kappa shape index (κ3) is 2.67. The molecule has 0 spiro atoms. The molecule has 0 N–H and O–H groups in total. The molecular weight excluding hydrogens is 293 g/mol. The minimum absolute atomic E-state index is 0.181. The first kappa shape index (κ1) is 13.5. The molecule has 0 aliphatic rings. The monoisotopic (exact) mass is 305 g/mol. The highest BCUT2D eigenvalue weighted by Crippen LogP contribution is 2.28. The van der Waals surface area contributed by atoms with Crippen molar-refractivity contribution in [2.75, 3.05) is 0 Å². The van der Waals surface area contributed by atoms with Crippen molar-refractivity contribution in [3.8, 4) is 0 Å². The second-order valence-electron chi connectivity index (χ2n) is 4.76. The molecule has 0 bridgehead atoms. The molecule has 102 valence electrons. The van der Waals surface area contributed by atoms with E-state index in [-0.39, 0.29) is 5.38 Å². The standard InChI is InChI=1S/C16H13Cl2NO/c1-10-8-11(6-7-12(10)17)13(18)9-16-19-14-4-2-3-5-15(14)20-16/h2-8,13H,9H2,1H3. The number of halogens is 2. The number of aromatic nitrogens is 1. The molecule has 3 aromatic rings. The summed E-state index contributed by atoms with van der Waals surface area (Å²) in [7, 11) is 0. The molecular formula is C16H13Cl2NO. The molecule has 1 aromatic heterocycles. The van der Waals surface area contributed by atoms with Crippen LogP contribution in [0.2, 0.25) is 5.02 Å². The lowest BCUT2D eigenvalue weighted by Crippen LogP contribution is -1.96. The number of alkyl halides is 1. The largest absolute Gasteiger partial charge is 0.441 e. The van der Waals surface area contributed by atoms with Crippen LogP contribution in [0.5, 0.6) is 0 Å². The van der Waals surface area contributed by atoms with Crippen molar-refractivity contribution >= 4 is 34.3 Å². The van der Waals surface area contributed by atoms with Gasteiger partial charge in [-0.1, -0.05) is 35.9 Å². The van der Waals surface area contributed by atoms with Gasteiger partial charge in [0.25, 0.3) is 0 Å². The fraction of sp³-hybridized carbons (Fsp3) is 0.188. The first-order valence-corrected chi connectivity index (χ1v) is 7.19. The van der Waals surface area contributed by atoms with Gasteiger partial charge < -0.3 is 4.42 Å². The van der Waals surface area contributed by atoms with E-state index in [1.54, 1.807) is 0 Å². The van der Waals surface area contributed by atoms with Gasteiger partial charge in [-0.15, -0.1) is 11.6 Å². The molecule has 4 heteroatoms. The third-order valence-corrected chi connectivity index (χ3v) is 4.07. The van der Waals surface area contributed by atoms with Crippen molar-refractivity contribution in [2.24, 2.45) is 0 Å². The number of fused-ring (bicyclic) bond motifs is 1. The molecule has 1 atom stereocenters. The summed E-state index contributed by atoms with van der Waals surface area (Å²) in [6.45, 7) is 1.97. The fourth-order valence-electron chi connectivity index (χ4n) is 2.14. The summed E-state index contributed by atoms with van der Waals surface area (Å²) in [4.78, 5) is 4.44. The summed E-state index contributed by atoms with van der Waals surface area (Å²) in [6, 6.07) is 13.5. The predicted molar refractivity (Wildman–Crippen MR) is 82.5 cm³/mol. The van der Waals surface area contributed by atoms with Crippen LogP contribution in [0, 0.1) is 6.92 Å². The van der Waals surface area contributed by atoms with Crippen LogP contribution < -0.4 is 0 Å². The molecule has 0 radical (unpaired) electrons. The summed E-state index contributed by atoms with van der Waals surface area (Å²) in [5, 5.41) is 0.568. The van der Waals surface area contributed by atoms with Crippen LogP contribution >= 0.6 is 23.2 Å². The van der Waals surface area contributed by atoms with E-state index >= 15 is 0 Å². The second-order valence-corrected chi connectivity index (χ2v) is 5.69. The maximum Gasteiger partial charge on any atom is 0.197 e. The predicted octanol–water partition coefficient (Wildman–Crippen LogP) is 5.31. The lowest BCUT2D eigenvalue weighted by Gasteiger charge is -2.09. The smallest absolute Gasteiger partial charge is 0.197 e. The van der Waals surface area contributed by atoms with Gasteiger partial charge in [0.1, 0.15) is 5.52 Å². The van der Waals surface area contributed by atoms with Gasteiger partial charge in [0, 0.05) is 11.4 Å². The van der Waals surface area contributed by atoms with Crippen molar-refractivity contribution in [1.29, 1.82) is 0 Å². The zero-order chi connectivity index (χ0) is 14.1. The number of para-hydroxylation sites is 2.